The molecular formula is C18H26N4. The average molecular weight is 298 g/mol. The van der Waals surface area contributed by atoms with E-state index in [4.69, 9.17) is 0 Å². The van der Waals surface area contributed by atoms with E-state index in [1.807, 2.05) is 19.1 Å². The summed E-state index contributed by atoms with van der Waals surface area (Å²) in [5, 5.41) is 3.47. The fraction of sp³-hybridized carbons (Fsp3) is 0.444. The van der Waals surface area contributed by atoms with Crippen molar-refractivity contribution in [2.45, 2.75) is 39.7 Å². The molecule has 22 heavy (non-hydrogen) atoms. The first-order valence-corrected chi connectivity index (χ1v) is 7.98. The lowest BCUT2D eigenvalue weighted by Gasteiger charge is -2.20. The Hall–Kier alpha value is -2.10. The fourth-order valence-corrected chi connectivity index (χ4v) is 2.34. The van der Waals surface area contributed by atoms with Gasteiger partial charge in [-0.2, -0.15) is 4.98 Å². The van der Waals surface area contributed by atoms with Gasteiger partial charge >= 0.3 is 0 Å². The molecule has 2 rings (SSSR count). The Kier molecular flexibility index (Phi) is 5.75. The van der Waals surface area contributed by atoms with Crippen LogP contribution in [0.2, 0.25) is 0 Å². The monoisotopic (exact) mass is 298 g/mol. The lowest BCUT2D eigenvalue weighted by molar-refractivity contribution is 0.747. The second kappa shape index (κ2) is 7.78. The van der Waals surface area contributed by atoms with Crippen LogP contribution >= 0.6 is 0 Å². The maximum Gasteiger partial charge on any atom is 0.227 e. The maximum absolute atomic E-state index is 4.66. The highest BCUT2D eigenvalue weighted by Crippen LogP contribution is 2.20. The summed E-state index contributed by atoms with van der Waals surface area (Å²) < 4.78 is 0. The molecule has 0 saturated carbocycles. The van der Waals surface area contributed by atoms with Crippen LogP contribution in [0.5, 0.6) is 0 Å². The van der Waals surface area contributed by atoms with Gasteiger partial charge in [0.25, 0.3) is 0 Å². The second-order valence-electron chi connectivity index (χ2n) is 5.75. The normalized spacial score (nSPS) is 12.0. The van der Waals surface area contributed by atoms with E-state index in [0.717, 1.165) is 30.4 Å². The smallest absolute Gasteiger partial charge is 0.227 e. The number of nitrogens with zero attached hydrogens (tertiary/aromatic N) is 3. The molecule has 2 aromatic rings. The van der Waals surface area contributed by atoms with Crippen LogP contribution < -0.4 is 10.2 Å². The molecule has 1 unspecified atom stereocenters. The van der Waals surface area contributed by atoms with Gasteiger partial charge in [0, 0.05) is 31.4 Å². The molecule has 118 valence electrons. The molecule has 1 N–H and O–H groups in total. The highest BCUT2D eigenvalue weighted by atomic mass is 15.2. The average Bonchev–Trinajstić information content (AvgIpc) is 2.52. The van der Waals surface area contributed by atoms with Crippen LogP contribution in [0.15, 0.2) is 36.4 Å². The highest BCUT2D eigenvalue weighted by molar-refractivity contribution is 5.45. The zero-order valence-electron chi connectivity index (χ0n) is 14.0. The highest BCUT2D eigenvalue weighted by Gasteiger charge is 2.10. The van der Waals surface area contributed by atoms with Gasteiger partial charge in [-0.1, -0.05) is 43.7 Å². The van der Waals surface area contributed by atoms with Crippen molar-refractivity contribution < 1.29 is 0 Å². The predicted octanol–water partition coefficient (Wildman–Crippen LogP) is 4.19. The molecule has 0 aliphatic carbocycles. The summed E-state index contributed by atoms with van der Waals surface area (Å²) in [5.41, 5.74) is 2.23. The van der Waals surface area contributed by atoms with E-state index in [-0.39, 0.29) is 6.04 Å². The van der Waals surface area contributed by atoms with Crippen LogP contribution in [0.3, 0.4) is 0 Å². The minimum absolute atomic E-state index is 0.212. The predicted molar refractivity (Wildman–Crippen MR) is 93.4 cm³/mol. The van der Waals surface area contributed by atoms with Crippen LogP contribution in [0.4, 0.5) is 11.8 Å². The Bertz CT molecular complexity index is 583. The maximum atomic E-state index is 4.66. The SMILES string of the molecule is CCCCN(C)c1nc(C)cc(NC(C)c2ccccc2)n1. The topological polar surface area (TPSA) is 41.1 Å². The van der Waals surface area contributed by atoms with Crippen molar-refractivity contribution >= 4 is 11.8 Å². The van der Waals surface area contributed by atoms with Crippen molar-refractivity contribution in [3.63, 3.8) is 0 Å². The molecule has 0 aliphatic heterocycles. The van der Waals surface area contributed by atoms with E-state index in [9.17, 15) is 0 Å². The molecule has 0 bridgehead atoms. The zero-order valence-corrected chi connectivity index (χ0v) is 14.0. The van der Waals surface area contributed by atoms with Crippen molar-refractivity contribution in [2.24, 2.45) is 0 Å². The number of benzene rings is 1. The number of hydrogen-bond acceptors (Lipinski definition) is 4. The zero-order chi connectivity index (χ0) is 15.9. The van der Waals surface area contributed by atoms with Gasteiger partial charge in [-0.15, -0.1) is 0 Å². The van der Waals surface area contributed by atoms with E-state index in [2.05, 4.69) is 65.3 Å². The minimum Gasteiger partial charge on any atom is -0.363 e. The van der Waals surface area contributed by atoms with Gasteiger partial charge < -0.3 is 10.2 Å². The van der Waals surface area contributed by atoms with Crippen molar-refractivity contribution in [1.82, 2.24) is 9.97 Å². The van der Waals surface area contributed by atoms with Gasteiger partial charge in [0.15, 0.2) is 0 Å². The molecule has 4 nitrogen and oxygen atoms in total. The molecular weight excluding hydrogens is 272 g/mol. The summed E-state index contributed by atoms with van der Waals surface area (Å²) >= 11 is 0. The number of aromatic nitrogens is 2. The third kappa shape index (κ3) is 4.45. The third-order valence-electron chi connectivity index (χ3n) is 3.69. The molecule has 0 aliphatic rings. The molecule has 1 heterocycles. The molecule has 1 atom stereocenters. The van der Waals surface area contributed by atoms with Gasteiger partial charge in [0.05, 0.1) is 0 Å². The molecule has 0 fully saturated rings. The number of unbranched alkanes of at least 4 members (excludes halogenated alkanes) is 1. The van der Waals surface area contributed by atoms with Crippen molar-refractivity contribution in [2.75, 3.05) is 23.8 Å². The molecule has 1 aromatic heterocycles. The molecule has 0 amide bonds. The minimum atomic E-state index is 0.212. The van der Waals surface area contributed by atoms with Gasteiger partial charge in [-0.05, 0) is 25.8 Å². The standard InChI is InChI=1S/C18H26N4/c1-5-6-12-22(4)18-19-14(2)13-17(21-18)20-15(3)16-10-8-7-9-11-16/h7-11,13,15H,5-6,12H2,1-4H3,(H,19,20,21). The number of anilines is 2. The van der Waals surface area contributed by atoms with E-state index in [1.54, 1.807) is 0 Å². The summed E-state index contributed by atoms with van der Waals surface area (Å²) in [6, 6.07) is 12.6. The van der Waals surface area contributed by atoms with Crippen molar-refractivity contribution in [3.8, 4) is 0 Å². The summed E-state index contributed by atoms with van der Waals surface area (Å²) in [6.07, 6.45) is 2.32. The molecule has 4 heteroatoms. The second-order valence-corrected chi connectivity index (χ2v) is 5.75. The van der Waals surface area contributed by atoms with Gasteiger partial charge in [-0.3, -0.25) is 0 Å². The summed E-state index contributed by atoms with van der Waals surface area (Å²) in [4.78, 5) is 11.3. The lowest BCUT2D eigenvalue weighted by Crippen LogP contribution is -2.22. The number of nitrogens with one attached hydrogen (secondary N) is 1. The Morgan fingerprint density at radius 1 is 1.18 bits per heavy atom. The molecule has 0 saturated heterocycles. The fourth-order valence-electron chi connectivity index (χ4n) is 2.34. The Labute approximate surface area is 133 Å². The van der Waals surface area contributed by atoms with Crippen LogP contribution in [0.1, 0.15) is 44.0 Å². The number of rotatable bonds is 7. The van der Waals surface area contributed by atoms with E-state index < -0.39 is 0 Å². The Morgan fingerprint density at radius 2 is 1.91 bits per heavy atom. The summed E-state index contributed by atoms with van der Waals surface area (Å²) in [5.74, 6) is 1.67. The van der Waals surface area contributed by atoms with Crippen LogP contribution in [0, 0.1) is 6.92 Å². The van der Waals surface area contributed by atoms with Gasteiger partial charge in [0.1, 0.15) is 5.82 Å². The Balaban J connectivity index is 2.12. The number of aryl methyl sites for hydroxylation is 1. The Morgan fingerprint density at radius 3 is 2.59 bits per heavy atom. The first kappa shape index (κ1) is 16.3. The quantitative estimate of drug-likeness (QED) is 0.832. The largest absolute Gasteiger partial charge is 0.363 e. The molecule has 1 aromatic carbocycles. The lowest BCUT2D eigenvalue weighted by atomic mass is 10.1. The number of hydrogen-bond donors (Lipinski definition) is 1. The summed E-state index contributed by atoms with van der Waals surface area (Å²) in [7, 11) is 2.05. The van der Waals surface area contributed by atoms with Crippen molar-refractivity contribution in [1.29, 1.82) is 0 Å². The van der Waals surface area contributed by atoms with Gasteiger partial charge in [0.2, 0.25) is 5.95 Å². The van der Waals surface area contributed by atoms with E-state index in [1.165, 1.54) is 12.0 Å². The van der Waals surface area contributed by atoms with Crippen LogP contribution in [0.25, 0.3) is 0 Å². The van der Waals surface area contributed by atoms with E-state index >= 15 is 0 Å². The molecule has 0 radical (unpaired) electrons. The van der Waals surface area contributed by atoms with Crippen LogP contribution in [-0.4, -0.2) is 23.6 Å². The third-order valence-corrected chi connectivity index (χ3v) is 3.69. The molecule has 0 spiro atoms. The van der Waals surface area contributed by atoms with Crippen molar-refractivity contribution in [3.05, 3.63) is 47.7 Å². The van der Waals surface area contributed by atoms with Gasteiger partial charge in [-0.25, -0.2) is 4.98 Å². The first-order valence-electron chi connectivity index (χ1n) is 7.98. The summed E-state index contributed by atoms with van der Waals surface area (Å²) in [6.45, 7) is 7.33. The van der Waals surface area contributed by atoms with Crippen LogP contribution in [-0.2, 0) is 0 Å². The van der Waals surface area contributed by atoms with E-state index in [0.29, 0.717) is 0 Å². The first-order chi connectivity index (χ1) is 10.6.